The molecule has 1 aromatic rings. The van der Waals surface area contributed by atoms with E-state index in [0.717, 1.165) is 12.8 Å². The molecule has 0 heterocycles. The molecule has 0 heteroatoms. The lowest BCUT2D eigenvalue weighted by Gasteiger charge is -2.11. The molecule has 0 bridgehead atoms. The van der Waals surface area contributed by atoms with E-state index in [1.54, 1.807) is 0 Å². The van der Waals surface area contributed by atoms with Crippen LogP contribution in [0.25, 0.3) is 0 Å². The zero-order valence-corrected chi connectivity index (χ0v) is 9.51. The number of benzene rings is 1. The second-order valence-corrected chi connectivity index (χ2v) is 4.12. The third-order valence-corrected chi connectivity index (χ3v) is 2.81. The molecular formula is C14H20. The Balaban J connectivity index is 2.64. The van der Waals surface area contributed by atoms with Crippen molar-refractivity contribution in [2.24, 2.45) is 5.92 Å². The van der Waals surface area contributed by atoms with Gasteiger partial charge in [0, 0.05) is 0 Å². The van der Waals surface area contributed by atoms with Gasteiger partial charge in [0.25, 0.3) is 0 Å². The zero-order chi connectivity index (χ0) is 10.6. The van der Waals surface area contributed by atoms with E-state index >= 15 is 0 Å². The maximum absolute atomic E-state index is 3.98. The van der Waals surface area contributed by atoms with Gasteiger partial charge in [-0.25, -0.2) is 0 Å². The van der Waals surface area contributed by atoms with Gasteiger partial charge >= 0.3 is 0 Å². The Hall–Kier alpha value is -1.04. The third kappa shape index (κ3) is 3.02. The van der Waals surface area contributed by atoms with Gasteiger partial charge in [0.1, 0.15) is 0 Å². The SMILES string of the molecule is C=C(C)C(C)Cc1ccc(CC)cc1. The van der Waals surface area contributed by atoms with Crippen molar-refractivity contribution in [3.8, 4) is 0 Å². The summed E-state index contributed by atoms with van der Waals surface area (Å²) in [5.41, 5.74) is 4.10. The molecule has 0 saturated heterocycles. The summed E-state index contributed by atoms with van der Waals surface area (Å²) in [5, 5.41) is 0. The topological polar surface area (TPSA) is 0 Å². The van der Waals surface area contributed by atoms with Gasteiger partial charge in [-0.2, -0.15) is 0 Å². The Labute approximate surface area is 87.7 Å². The first kappa shape index (κ1) is 11.0. The summed E-state index contributed by atoms with van der Waals surface area (Å²) in [5.74, 6) is 0.586. The van der Waals surface area contributed by atoms with Crippen LogP contribution in [0.2, 0.25) is 0 Å². The number of hydrogen-bond acceptors (Lipinski definition) is 0. The first-order chi connectivity index (χ1) is 6.63. The van der Waals surface area contributed by atoms with Crippen LogP contribution in [0.15, 0.2) is 36.4 Å². The van der Waals surface area contributed by atoms with E-state index in [1.807, 2.05) is 0 Å². The number of hydrogen-bond donors (Lipinski definition) is 0. The van der Waals surface area contributed by atoms with Gasteiger partial charge in [-0.05, 0) is 36.8 Å². The molecule has 0 radical (unpaired) electrons. The van der Waals surface area contributed by atoms with Crippen LogP contribution in [-0.2, 0) is 12.8 Å². The fraction of sp³-hybridized carbons (Fsp3) is 0.429. The van der Waals surface area contributed by atoms with Gasteiger partial charge < -0.3 is 0 Å². The van der Waals surface area contributed by atoms with Crippen LogP contribution in [0.3, 0.4) is 0 Å². The lowest BCUT2D eigenvalue weighted by Crippen LogP contribution is -2.00. The average Bonchev–Trinajstić information content (AvgIpc) is 2.19. The quantitative estimate of drug-likeness (QED) is 0.626. The van der Waals surface area contributed by atoms with Crippen molar-refractivity contribution in [3.63, 3.8) is 0 Å². The van der Waals surface area contributed by atoms with Gasteiger partial charge in [0.05, 0.1) is 0 Å². The second-order valence-electron chi connectivity index (χ2n) is 4.12. The van der Waals surface area contributed by atoms with Crippen LogP contribution in [0.5, 0.6) is 0 Å². The minimum absolute atomic E-state index is 0.586. The highest BCUT2D eigenvalue weighted by Crippen LogP contribution is 2.15. The molecule has 0 N–H and O–H groups in total. The van der Waals surface area contributed by atoms with Gasteiger partial charge in [0.15, 0.2) is 0 Å². The number of rotatable bonds is 4. The molecule has 0 aliphatic carbocycles. The molecule has 0 aromatic heterocycles. The largest absolute Gasteiger partial charge is 0.0999 e. The first-order valence-corrected chi connectivity index (χ1v) is 5.36. The molecule has 1 unspecified atom stereocenters. The van der Waals surface area contributed by atoms with Crippen LogP contribution in [0, 0.1) is 5.92 Å². The lowest BCUT2D eigenvalue weighted by atomic mass is 9.95. The summed E-state index contributed by atoms with van der Waals surface area (Å²) in [7, 11) is 0. The molecule has 0 amide bonds. The highest BCUT2D eigenvalue weighted by atomic mass is 14.1. The fourth-order valence-electron chi connectivity index (χ4n) is 1.44. The maximum atomic E-state index is 3.98. The van der Waals surface area contributed by atoms with Gasteiger partial charge in [-0.1, -0.05) is 50.3 Å². The standard InChI is InChI=1S/C14H20/c1-5-13-6-8-14(9-7-13)10-12(4)11(2)3/h6-9,12H,2,5,10H2,1,3-4H3. The highest BCUT2D eigenvalue weighted by molar-refractivity contribution is 5.23. The van der Waals surface area contributed by atoms with Crippen molar-refractivity contribution in [1.82, 2.24) is 0 Å². The molecule has 0 aliphatic rings. The van der Waals surface area contributed by atoms with E-state index in [9.17, 15) is 0 Å². The number of aryl methyl sites for hydroxylation is 1. The van der Waals surface area contributed by atoms with E-state index in [-0.39, 0.29) is 0 Å². The predicted molar refractivity (Wildman–Crippen MR) is 63.5 cm³/mol. The van der Waals surface area contributed by atoms with E-state index < -0.39 is 0 Å². The van der Waals surface area contributed by atoms with Crippen LogP contribution < -0.4 is 0 Å². The minimum Gasteiger partial charge on any atom is -0.0999 e. The Morgan fingerprint density at radius 1 is 1.21 bits per heavy atom. The van der Waals surface area contributed by atoms with E-state index in [0.29, 0.717) is 5.92 Å². The molecule has 0 saturated carbocycles. The smallest absolute Gasteiger partial charge is 0.0197 e. The molecular weight excluding hydrogens is 168 g/mol. The summed E-state index contributed by atoms with van der Waals surface area (Å²) in [6.07, 6.45) is 2.23. The first-order valence-electron chi connectivity index (χ1n) is 5.36. The molecule has 1 aromatic carbocycles. The summed E-state index contributed by atoms with van der Waals surface area (Å²) >= 11 is 0. The average molecular weight is 188 g/mol. The monoisotopic (exact) mass is 188 g/mol. The molecule has 76 valence electrons. The van der Waals surface area contributed by atoms with Gasteiger partial charge in [-0.15, -0.1) is 0 Å². The Kier molecular flexibility index (Phi) is 3.94. The third-order valence-electron chi connectivity index (χ3n) is 2.81. The van der Waals surface area contributed by atoms with Crippen molar-refractivity contribution >= 4 is 0 Å². The normalized spacial score (nSPS) is 12.5. The molecule has 0 fully saturated rings. The molecule has 0 nitrogen and oxygen atoms in total. The van der Waals surface area contributed by atoms with Crippen LogP contribution in [0.4, 0.5) is 0 Å². The number of allylic oxidation sites excluding steroid dienone is 1. The van der Waals surface area contributed by atoms with Gasteiger partial charge in [-0.3, -0.25) is 0 Å². The van der Waals surface area contributed by atoms with Crippen LogP contribution >= 0.6 is 0 Å². The van der Waals surface area contributed by atoms with E-state index in [4.69, 9.17) is 0 Å². The molecule has 0 aliphatic heterocycles. The Morgan fingerprint density at radius 3 is 2.14 bits per heavy atom. The minimum atomic E-state index is 0.586. The van der Waals surface area contributed by atoms with Crippen molar-refractivity contribution in [1.29, 1.82) is 0 Å². The summed E-state index contributed by atoms with van der Waals surface area (Å²) in [6, 6.07) is 8.91. The van der Waals surface area contributed by atoms with Crippen molar-refractivity contribution in [2.45, 2.75) is 33.6 Å². The van der Waals surface area contributed by atoms with Crippen molar-refractivity contribution in [2.75, 3.05) is 0 Å². The van der Waals surface area contributed by atoms with Crippen LogP contribution in [0.1, 0.15) is 31.9 Å². The molecule has 1 atom stereocenters. The Bertz CT molecular complexity index is 292. The lowest BCUT2D eigenvalue weighted by molar-refractivity contribution is 0.680. The van der Waals surface area contributed by atoms with E-state index in [1.165, 1.54) is 16.7 Å². The van der Waals surface area contributed by atoms with Crippen molar-refractivity contribution in [3.05, 3.63) is 47.5 Å². The summed E-state index contributed by atoms with van der Waals surface area (Å²) in [6.45, 7) is 10.5. The summed E-state index contributed by atoms with van der Waals surface area (Å²) in [4.78, 5) is 0. The molecule has 14 heavy (non-hydrogen) atoms. The highest BCUT2D eigenvalue weighted by Gasteiger charge is 2.03. The van der Waals surface area contributed by atoms with Crippen LogP contribution in [-0.4, -0.2) is 0 Å². The van der Waals surface area contributed by atoms with E-state index in [2.05, 4.69) is 51.6 Å². The second kappa shape index (κ2) is 4.99. The zero-order valence-electron chi connectivity index (χ0n) is 9.51. The molecule has 1 rings (SSSR count). The van der Waals surface area contributed by atoms with Crippen molar-refractivity contribution < 1.29 is 0 Å². The molecule has 0 spiro atoms. The summed E-state index contributed by atoms with van der Waals surface area (Å²) < 4.78 is 0. The predicted octanol–water partition coefficient (Wildman–Crippen LogP) is 4.00. The fourth-order valence-corrected chi connectivity index (χ4v) is 1.44. The van der Waals surface area contributed by atoms with Gasteiger partial charge in [0.2, 0.25) is 0 Å². The maximum Gasteiger partial charge on any atom is -0.0197 e. The Morgan fingerprint density at radius 2 is 1.71 bits per heavy atom.